The quantitative estimate of drug-likeness (QED) is 0.830. The Hall–Kier alpha value is -2.14. The highest BCUT2D eigenvalue weighted by molar-refractivity contribution is 7.19. The summed E-state index contributed by atoms with van der Waals surface area (Å²) in [5.74, 6) is -0.547. The number of benzene rings is 1. The van der Waals surface area contributed by atoms with Gasteiger partial charge >= 0.3 is 0 Å². The zero-order chi connectivity index (χ0) is 13.3. The lowest BCUT2D eigenvalue weighted by Crippen LogP contribution is -2.11. The van der Waals surface area contributed by atoms with Gasteiger partial charge in [0.05, 0.1) is 10.6 Å². The van der Waals surface area contributed by atoms with E-state index in [1.54, 1.807) is 24.3 Å². The molecule has 0 aliphatic heterocycles. The summed E-state index contributed by atoms with van der Waals surface area (Å²) in [7, 11) is 0. The van der Waals surface area contributed by atoms with Crippen molar-refractivity contribution in [1.82, 2.24) is 0 Å². The van der Waals surface area contributed by atoms with Crippen molar-refractivity contribution >= 4 is 28.0 Å². The van der Waals surface area contributed by atoms with Gasteiger partial charge in [-0.05, 0) is 24.6 Å². The molecule has 2 rings (SSSR count). The second kappa shape index (κ2) is 4.62. The van der Waals surface area contributed by atoms with E-state index in [2.05, 4.69) is 0 Å². The summed E-state index contributed by atoms with van der Waals surface area (Å²) in [6.45, 7) is 1.51. The van der Waals surface area contributed by atoms with Gasteiger partial charge in [-0.25, -0.2) is 0 Å². The van der Waals surface area contributed by atoms with Crippen LogP contribution in [-0.4, -0.2) is 11.7 Å². The first-order valence-electron chi connectivity index (χ1n) is 5.29. The van der Waals surface area contributed by atoms with Gasteiger partial charge < -0.3 is 11.5 Å². The van der Waals surface area contributed by atoms with Gasteiger partial charge in [0.15, 0.2) is 5.78 Å². The molecule has 2 aromatic rings. The molecule has 0 saturated carbocycles. The molecule has 1 aromatic heterocycles. The minimum Gasteiger partial charge on any atom is -0.390 e. The average Bonchev–Trinajstić information content (AvgIpc) is 2.71. The Balaban J connectivity index is 2.49. The first-order chi connectivity index (χ1) is 8.49. The summed E-state index contributed by atoms with van der Waals surface area (Å²) < 4.78 is 0. The van der Waals surface area contributed by atoms with Crippen molar-refractivity contribution in [2.24, 2.45) is 5.73 Å². The van der Waals surface area contributed by atoms with E-state index in [0.717, 1.165) is 10.4 Å². The van der Waals surface area contributed by atoms with Gasteiger partial charge in [-0.2, -0.15) is 0 Å². The van der Waals surface area contributed by atoms with E-state index in [4.69, 9.17) is 11.5 Å². The third kappa shape index (κ3) is 2.26. The molecule has 0 aliphatic rings. The van der Waals surface area contributed by atoms with E-state index in [0.29, 0.717) is 16.1 Å². The molecule has 92 valence electrons. The van der Waals surface area contributed by atoms with Crippen molar-refractivity contribution < 1.29 is 9.59 Å². The lowest BCUT2D eigenvalue weighted by Gasteiger charge is -1.99. The van der Waals surface area contributed by atoms with Crippen LogP contribution in [-0.2, 0) is 0 Å². The lowest BCUT2D eigenvalue weighted by molar-refractivity contribution is 0.0997. The van der Waals surface area contributed by atoms with Crippen molar-refractivity contribution in [3.05, 3.63) is 41.5 Å². The normalized spacial score (nSPS) is 10.3. The number of nitrogen functional groups attached to an aromatic ring is 1. The third-order valence-corrected chi connectivity index (χ3v) is 3.59. The van der Waals surface area contributed by atoms with Gasteiger partial charge in [-0.1, -0.05) is 18.2 Å². The van der Waals surface area contributed by atoms with Crippen LogP contribution in [0.3, 0.4) is 0 Å². The predicted octanol–water partition coefficient (Wildman–Crippen LogP) is 2.30. The molecule has 5 heteroatoms. The second-order valence-corrected chi connectivity index (χ2v) is 4.97. The summed E-state index contributed by atoms with van der Waals surface area (Å²) >= 11 is 1.28. The highest BCUT2D eigenvalue weighted by Crippen LogP contribution is 2.33. The molecule has 0 radical (unpaired) electrons. The molecule has 0 saturated heterocycles. The summed E-state index contributed by atoms with van der Waals surface area (Å²) in [6.07, 6.45) is 0. The number of thiophene rings is 1. The van der Waals surface area contributed by atoms with E-state index in [1.165, 1.54) is 18.3 Å². The maximum atomic E-state index is 11.3. The first-order valence-corrected chi connectivity index (χ1v) is 6.11. The third-order valence-electron chi connectivity index (χ3n) is 2.58. The van der Waals surface area contributed by atoms with Gasteiger partial charge in [0.1, 0.15) is 0 Å². The van der Waals surface area contributed by atoms with Crippen LogP contribution in [0.15, 0.2) is 30.3 Å². The maximum Gasteiger partial charge on any atom is 0.251 e. The van der Waals surface area contributed by atoms with Crippen molar-refractivity contribution in [2.75, 3.05) is 5.73 Å². The Morgan fingerprint density at radius 1 is 1.22 bits per heavy atom. The summed E-state index contributed by atoms with van der Waals surface area (Å²) in [5, 5.41) is 0.394. The number of nitrogens with two attached hydrogens (primary N) is 2. The van der Waals surface area contributed by atoms with Gasteiger partial charge in [-0.15, -0.1) is 11.3 Å². The summed E-state index contributed by atoms with van der Waals surface area (Å²) in [4.78, 5) is 23.3. The summed E-state index contributed by atoms with van der Waals surface area (Å²) in [5.41, 5.74) is 12.7. The highest BCUT2D eigenvalue weighted by atomic mass is 32.1. The Morgan fingerprint density at radius 3 is 2.50 bits per heavy atom. The minimum absolute atomic E-state index is 0.00324. The molecule has 0 fully saturated rings. The smallest absolute Gasteiger partial charge is 0.251 e. The van der Waals surface area contributed by atoms with Gasteiger partial charge in [0, 0.05) is 10.4 Å². The van der Waals surface area contributed by atoms with Crippen molar-refractivity contribution in [3.63, 3.8) is 0 Å². The van der Waals surface area contributed by atoms with Crippen LogP contribution in [0.2, 0.25) is 0 Å². The average molecular weight is 260 g/mol. The van der Waals surface area contributed by atoms with E-state index in [-0.39, 0.29) is 5.78 Å². The number of rotatable bonds is 3. The van der Waals surface area contributed by atoms with E-state index >= 15 is 0 Å². The lowest BCUT2D eigenvalue weighted by atomic mass is 10.1. The Labute approximate surface area is 108 Å². The monoisotopic (exact) mass is 260 g/mol. The Kier molecular flexibility index (Phi) is 3.16. The van der Waals surface area contributed by atoms with Crippen LogP contribution in [0.4, 0.5) is 5.00 Å². The van der Waals surface area contributed by atoms with E-state index < -0.39 is 5.91 Å². The molecule has 1 aromatic carbocycles. The van der Waals surface area contributed by atoms with Crippen molar-refractivity contribution in [2.45, 2.75) is 6.92 Å². The fourth-order valence-corrected chi connectivity index (χ4v) is 2.56. The number of primary amides is 1. The molecular formula is C13H12N2O2S. The number of ketones is 1. The molecule has 0 atom stereocenters. The van der Waals surface area contributed by atoms with Crippen molar-refractivity contribution in [1.29, 1.82) is 0 Å². The molecular weight excluding hydrogens is 248 g/mol. The molecule has 0 aliphatic carbocycles. The van der Waals surface area contributed by atoms with Crippen molar-refractivity contribution in [3.8, 4) is 10.4 Å². The standard InChI is InChI=1S/C13H12N2O2S/c1-7(16)8-3-2-4-9(5-8)11-6-10(12(14)17)13(15)18-11/h2-6H,15H2,1H3,(H2,14,17). The molecule has 4 nitrogen and oxygen atoms in total. The highest BCUT2D eigenvalue weighted by Gasteiger charge is 2.12. The number of anilines is 1. The zero-order valence-corrected chi connectivity index (χ0v) is 10.6. The molecule has 0 unspecified atom stereocenters. The predicted molar refractivity (Wildman–Crippen MR) is 72.7 cm³/mol. The fourth-order valence-electron chi connectivity index (χ4n) is 1.63. The molecule has 1 amide bonds. The molecule has 18 heavy (non-hydrogen) atoms. The number of amides is 1. The SMILES string of the molecule is CC(=O)c1cccc(-c2cc(C(N)=O)c(N)s2)c1. The molecule has 4 N–H and O–H groups in total. The van der Waals surface area contributed by atoms with Crippen LogP contribution in [0.5, 0.6) is 0 Å². The number of hydrogen-bond donors (Lipinski definition) is 2. The fraction of sp³-hybridized carbons (Fsp3) is 0.0769. The Morgan fingerprint density at radius 2 is 1.94 bits per heavy atom. The van der Waals surface area contributed by atoms with Crippen LogP contribution < -0.4 is 11.5 Å². The first kappa shape index (κ1) is 12.3. The van der Waals surface area contributed by atoms with Gasteiger partial charge in [0.25, 0.3) is 5.91 Å². The molecule has 0 bridgehead atoms. The van der Waals surface area contributed by atoms with Gasteiger partial charge in [0.2, 0.25) is 0 Å². The van der Waals surface area contributed by atoms with E-state index in [9.17, 15) is 9.59 Å². The number of carbonyl (C=O) groups is 2. The van der Waals surface area contributed by atoms with Crippen LogP contribution in [0, 0.1) is 0 Å². The van der Waals surface area contributed by atoms with Crippen LogP contribution in [0.25, 0.3) is 10.4 Å². The van der Waals surface area contributed by atoms with E-state index in [1.807, 2.05) is 6.07 Å². The molecule has 0 spiro atoms. The van der Waals surface area contributed by atoms with Crippen LogP contribution >= 0.6 is 11.3 Å². The summed E-state index contributed by atoms with van der Waals surface area (Å²) in [6, 6.07) is 8.84. The largest absolute Gasteiger partial charge is 0.390 e. The minimum atomic E-state index is -0.544. The second-order valence-electron chi connectivity index (χ2n) is 3.89. The van der Waals surface area contributed by atoms with Gasteiger partial charge in [-0.3, -0.25) is 9.59 Å². The number of hydrogen-bond acceptors (Lipinski definition) is 4. The molecule has 1 heterocycles. The van der Waals surface area contributed by atoms with Crippen LogP contribution in [0.1, 0.15) is 27.6 Å². The Bertz CT molecular complexity index is 632. The maximum absolute atomic E-state index is 11.3. The number of carbonyl (C=O) groups excluding carboxylic acids is 2. The topological polar surface area (TPSA) is 86.2 Å². The zero-order valence-electron chi connectivity index (χ0n) is 9.77. The number of Topliss-reactive ketones (excluding diaryl/α,β-unsaturated/α-hetero) is 1.